The van der Waals surface area contributed by atoms with E-state index < -0.39 is 7.81 Å². The summed E-state index contributed by atoms with van der Waals surface area (Å²) in [5.74, 6) is 0. The molecule has 128 valence electrons. The summed E-state index contributed by atoms with van der Waals surface area (Å²) in [4.78, 5) is 0. The molecule has 0 unspecified atom stereocenters. The van der Waals surface area contributed by atoms with E-state index in [0.717, 1.165) is 21.4 Å². The first kappa shape index (κ1) is 19.3. The van der Waals surface area contributed by atoms with Crippen molar-refractivity contribution in [2.24, 2.45) is 0 Å². The van der Waals surface area contributed by atoms with Crippen molar-refractivity contribution in [2.45, 2.75) is 24.6 Å². The molecule has 22 heavy (non-hydrogen) atoms. The van der Waals surface area contributed by atoms with Crippen LogP contribution in [0.4, 0.5) is 25.2 Å². The van der Waals surface area contributed by atoms with Crippen LogP contribution in [0.1, 0.15) is 25.8 Å². The van der Waals surface area contributed by atoms with E-state index in [-0.39, 0.29) is 4.31 Å². The van der Waals surface area contributed by atoms with Crippen molar-refractivity contribution in [3.63, 3.8) is 0 Å². The van der Waals surface area contributed by atoms with Crippen molar-refractivity contribution in [3.05, 3.63) is 58.6 Å². The predicted octanol–water partition coefficient (Wildman–Crippen LogP) is 7.23. The maximum absolute atomic E-state index is 10.7. The van der Waals surface area contributed by atoms with Gasteiger partial charge in [-0.2, -0.15) is 0 Å². The summed E-state index contributed by atoms with van der Waals surface area (Å²) in [6.07, 6.45) is 7.79. The Kier molecular flexibility index (Phi) is 4.99. The van der Waals surface area contributed by atoms with E-state index in [1.165, 1.54) is 5.56 Å². The molecule has 0 amide bonds. The Hall–Kier alpha value is -0.771. The van der Waals surface area contributed by atoms with Crippen molar-refractivity contribution < 1.29 is 40.1 Å². The van der Waals surface area contributed by atoms with E-state index >= 15 is 0 Å². The number of halogens is 6. The quantitative estimate of drug-likeness (QED) is 0.293. The molecule has 0 fully saturated rings. The second kappa shape index (κ2) is 5.70. The minimum atomic E-state index is -10.7. The molecule has 2 rings (SSSR count). The molecule has 0 atom stereocenters. The topological polar surface area (TPSA) is 0 Å². The van der Waals surface area contributed by atoms with E-state index in [9.17, 15) is 25.2 Å². The first-order valence-corrected chi connectivity index (χ1v) is 9.38. The van der Waals surface area contributed by atoms with Gasteiger partial charge in [0.25, 0.3) is 0 Å². The molecule has 0 bridgehead atoms. The summed E-state index contributed by atoms with van der Waals surface area (Å²) in [7, 11) is -10.7. The zero-order valence-electron chi connectivity index (χ0n) is 11.9. The average Bonchev–Trinajstić information content (AvgIpc) is 2.78. The van der Waals surface area contributed by atoms with Gasteiger partial charge in [-0.3, -0.25) is 0 Å². The van der Waals surface area contributed by atoms with Gasteiger partial charge in [0.2, 0.25) is 0 Å². The number of hydrogen-bond acceptors (Lipinski definition) is 0. The summed E-state index contributed by atoms with van der Waals surface area (Å²) in [5, 5.41) is 0. The van der Waals surface area contributed by atoms with Crippen LogP contribution in [0.3, 0.4) is 0 Å². The summed E-state index contributed by atoms with van der Waals surface area (Å²) in [5.41, 5.74) is 1.43. The monoisotopic (exact) mass is 385 g/mol. The van der Waals surface area contributed by atoms with Crippen molar-refractivity contribution >= 4 is 7.81 Å². The van der Waals surface area contributed by atoms with Crippen LogP contribution in [-0.2, 0) is 19.3 Å². The fourth-order valence-electron chi connectivity index (χ4n) is 1.65. The van der Waals surface area contributed by atoms with Crippen LogP contribution in [0, 0.1) is 0 Å². The van der Waals surface area contributed by atoms with Gasteiger partial charge in [-0.15, -0.1) is 0 Å². The summed E-state index contributed by atoms with van der Waals surface area (Å²) in [6.45, 7) is 4.64. The van der Waals surface area contributed by atoms with Crippen molar-refractivity contribution in [3.8, 4) is 0 Å². The summed E-state index contributed by atoms with van der Waals surface area (Å²) in [6, 6.07) is 10.8. The Labute approximate surface area is 131 Å². The second-order valence-corrected chi connectivity index (χ2v) is 9.37. The van der Waals surface area contributed by atoms with Gasteiger partial charge in [0, 0.05) is 0 Å². The van der Waals surface area contributed by atoms with E-state index in [1.54, 1.807) is 4.47 Å². The molecule has 0 aliphatic heterocycles. The zero-order chi connectivity index (χ0) is 17.1. The van der Waals surface area contributed by atoms with Crippen LogP contribution in [0.15, 0.2) is 53.0 Å². The zero-order valence-corrected chi connectivity index (χ0v) is 13.9. The van der Waals surface area contributed by atoms with Gasteiger partial charge in [0.1, 0.15) is 0 Å². The molecule has 1 aliphatic carbocycles. The molecule has 0 saturated carbocycles. The van der Waals surface area contributed by atoms with E-state index in [2.05, 4.69) is 62.4 Å². The standard InChI is InChI=1S/C9H11.C5H5.F6P.Fe/c1-8(2)9-6-4-3-5-7-9;1-2-4-5-3-1;1-7(2,3,4,5)6;/h3-7H,1-2H3;1-3H,4H2;;/q;;-1;. The van der Waals surface area contributed by atoms with Gasteiger partial charge in [0.15, 0.2) is 0 Å². The van der Waals surface area contributed by atoms with Crippen molar-refractivity contribution in [1.82, 2.24) is 0 Å². The van der Waals surface area contributed by atoms with Crippen molar-refractivity contribution in [1.29, 1.82) is 0 Å². The van der Waals surface area contributed by atoms with E-state index in [1.807, 2.05) is 0 Å². The first-order chi connectivity index (χ1) is 9.63. The Morgan fingerprint density at radius 1 is 0.955 bits per heavy atom. The predicted molar refractivity (Wildman–Crippen MR) is 74.9 cm³/mol. The molecule has 8 heteroatoms. The van der Waals surface area contributed by atoms with Crippen LogP contribution >= 0.6 is 7.81 Å². The summed E-state index contributed by atoms with van der Waals surface area (Å²) >= 11 is 1.16. The van der Waals surface area contributed by atoms with Crippen LogP contribution in [0.25, 0.3) is 0 Å². The molecular formula is C14H16F6FeP-. The van der Waals surface area contributed by atoms with Gasteiger partial charge in [-0.25, -0.2) is 0 Å². The van der Waals surface area contributed by atoms with Gasteiger partial charge >= 0.3 is 131 Å². The Morgan fingerprint density at radius 2 is 1.45 bits per heavy atom. The van der Waals surface area contributed by atoms with Gasteiger partial charge in [-0.1, -0.05) is 0 Å². The molecule has 0 nitrogen and oxygen atoms in total. The van der Waals surface area contributed by atoms with E-state index in [4.69, 9.17) is 0 Å². The fraction of sp³-hybridized carbons (Fsp3) is 0.286. The molecule has 0 radical (unpaired) electrons. The number of benzene rings is 1. The third-order valence-corrected chi connectivity index (χ3v) is 4.28. The number of allylic oxidation sites excluding steroid dienone is 4. The first-order valence-electron chi connectivity index (χ1n) is 6.25. The van der Waals surface area contributed by atoms with E-state index in [0.29, 0.717) is 0 Å². The molecule has 0 heterocycles. The Balaban J connectivity index is 0.000000295. The minimum absolute atomic E-state index is 0.249. The Bertz CT molecular complexity index is 560. The molecular weight excluding hydrogens is 369 g/mol. The summed E-state index contributed by atoms with van der Waals surface area (Å²) < 4.78 is 61.0. The van der Waals surface area contributed by atoms with Crippen LogP contribution < -0.4 is 0 Å². The van der Waals surface area contributed by atoms with Crippen LogP contribution in [0.5, 0.6) is 0 Å². The van der Waals surface area contributed by atoms with Gasteiger partial charge < -0.3 is 0 Å². The van der Waals surface area contributed by atoms with Gasteiger partial charge in [0.05, 0.1) is 0 Å². The normalized spacial score (nSPS) is 18.1. The average molecular weight is 385 g/mol. The number of hydrogen-bond donors (Lipinski definition) is 0. The van der Waals surface area contributed by atoms with Crippen LogP contribution in [-0.4, -0.2) is 0 Å². The third-order valence-electron chi connectivity index (χ3n) is 2.50. The Morgan fingerprint density at radius 3 is 1.86 bits per heavy atom. The molecule has 0 spiro atoms. The number of rotatable bonds is 3. The molecule has 0 aromatic heterocycles. The molecule has 0 N–H and O–H groups in total. The molecule has 1 aromatic carbocycles. The maximum atomic E-state index is 9.87. The molecule has 1 aliphatic rings. The molecule has 0 saturated heterocycles. The van der Waals surface area contributed by atoms with Crippen molar-refractivity contribution in [2.75, 3.05) is 0 Å². The van der Waals surface area contributed by atoms with Crippen LogP contribution in [0.2, 0.25) is 0 Å². The second-order valence-electron chi connectivity index (χ2n) is 5.08. The SMILES string of the molecule is C[C](C)([Fe][C]1=CC=CC1)c1ccccc1.F[P-](F)(F)(F)(F)F. The molecule has 1 aromatic rings. The fourth-order valence-corrected chi connectivity index (χ4v) is 3.32. The van der Waals surface area contributed by atoms with Gasteiger partial charge in [-0.05, 0) is 0 Å². The third kappa shape index (κ3) is 10.0.